The van der Waals surface area contributed by atoms with Crippen LogP contribution in [0, 0.1) is 13.8 Å². The summed E-state index contributed by atoms with van der Waals surface area (Å²) in [7, 11) is 0. The molecule has 1 amide bonds. The van der Waals surface area contributed by atoms with Gasteiger partial charge in [-0.25, -0.2) is 4.98 Å². The number of benzene rings is 1. The van der Waals surface area contributed by atoms with Gasteiger partial charge in [-0.2, -0.15) is 0 Å². The highest BCUT2D eigenvalue weighted by Crippen LogP contribution is 2.23. The number of hydrogen-bond acceptors (Lipinski definition) is 3. The SMILES string of the molecule is CCCc1ccc(NC(=O)c2cc(C)n(-c3nccs3)c2C)cc1. The third kappa shape index (κ3) is 3.26. The van der Waals surface area contributed by atoms with Crippen molar-refractivity contribution in [3.05, 3.63) is 64.4 Å². The van der Waals surface area contributed by atoms with Crippen molar-refractivity contribution in [3.8, 4) is 5.13 Å². The third-order valence-electron chi connectivity index (χ3n) is 4.04. The molecule has 5 heteroatoms. The maximum absolute atomic E-state index is 12.6. The molecular weight excluding hydrogens is 318 g/mol. The zero-order chi connectivity index (χ0) is 17.1. The van der Waals surface area contributed by atoms with Crippen LogP contribution >= 0.6 is 11.3 Å². The van der Waals surface area contributed by atoms with Gasteiger partial charge in [0.15, 0.2) is 5.13 Å². The maximum Gasteiger partial charge on any atom is 0.257 e. The molecule has 0 saturated heterocycles. The highest BCUT2D eigenvalue weighted by atomic mass is 32.1. The Bertz CT molecular complexity index is 832. The van der Waals surface area contributed by atoms with E-state index >= 15 is 0 Å². The number of rotatable bonds is 5. The molecule has 0 radical (unpaired) electrons. The van der Waals surface area contributed by atoms with Crippen LogP contribution in [0.1, 0.15) is 40.7 Å². The van der Waals surface area contributed by atoms with Crippen molar-refractivity contribution in [3.63, 3.8) is 0 Å². The van der Waals surface area contributed by atoms with Crippen molar-refractivity contribution in [1.82, 2.24) is 9.55 Å². The monoisotopic (exact) mass is 339 g/mol. The fourth-order valence-corrected chi connectivity index (χ4v) is 3.61. The Morgan fingerprint density at radius 2 is 2.00 bits per heavy atom. The van der Waals surface area contributed by atoms with E-state index in [9.17, 15) is 4.79 Å². The second-order valence-corrected chi connectivity index (χ2v) is 6.71. The summed E-state index contributed by atoms with van der Waals surface area (Å²) < 4.78 is 2.02. The quantitative estimate of drug-likeness (QED) is 0.729. The Balaban J connectivity index is 1.82. The molecular formula is C19H21N3OS. The molecule has 0 spiro atoms. The molecule has 0 saturated carbocycles. The van der Waals surface area contributed by atoms with Crippen LogP contribution in [0.2, 0.25) is 0 Å². The summed E-state index contributed by atoms with van der Waals surface area (Å²) in [6, 6.07) is 9.97. The zero-order valence-electron chi connectivity index (χ0n) is 14.2. The summed E-state index contributed by atoms with van der Waals surface area (Å²) in [5.74, 6) is -0.0888. The molecule has 0 unspecified atom stereocenters. The zero-order valence-corrected chi connectivity index (χ0v) is 15.0. The van der Waals surface area contributed by atoms with Gasteiger partial charge in [0.2, 0.25) is 0 Å². The molecule has 24 heavy (non-hydrogen) atoms. The van der Waals surface area contributed by atoms with Crippen LogP contribution in [0.4, 0.5) is 5.69 Å². The minimum Gasteiger partial charge on any atom is -0.322 e. The predicted molar refractivity (Wildman–Crippen MR) is 99.3 cm³/mol. The van der Waals surface area contributed by atoms with E-state index in [1.165, 1.54) is 5.56 Å². The van der Waals surface area contributed by atoms with Gasteiger partial charge in [-0.3, -0.25) is 9.36 Å². The Morgan fingerprint density at radius 1 is 1.25 bits per heavy atom. The lowest BCUT2D eigenvalue weighted by atomic mass is 10.1. The first-order valence-electron chi connectivity index (χ1n) is 8.09. The van der Waals surface area contributed by atoms with E-state index in [-0.39, 0.29) is 5.91 Å². The summed E-state index contributed by atoms with van der Waals surface area (Å²) in [5.41, 5.74) is 4.70. The lowest BCUT2D eigenvalue weighted by Crippen LogP contribution is -2.13. The molecule has 0 bridgehead atoms. The molecule has 0 aliphatic heterocycles. The number of hydrogen-bond donors (Lipinski definition) is 1. The second-order valence-electron chi connectivity index (χ2n) is 5.84. The van der Waals surface area contributed by atoms with Gasteiger partial charge in [-0.05, 0) is 44.0 Å². The van der Waals surface area contributed by atoms with E-state index in [2.05, 4.69) is 29.4 Å². The summed E-state index contributed by atoms with van der Waals surface area (Å²) in [4.78, 5) is 17.0. The molecule has 0 fully saturated rings. The van der Waals surface area contributed by atoms with Gasteiger partial charge in [0.25, 0.3) is 5.91 Å². The average Bonchev–Trinajstić information content (AvgIpc) is 3.17. The van der Waals surface area contributed by atoms with Crippen molar-refractivity contribution in [2.24, 2.45) is 0 Å². The van der Waals surface area contributed by atoms with E-state index in [1.807, 2.05) is 42.0 Å². The summed E-state index contributed by atoms with van der Waals surface area (Å²) in [5, 5.41) is 5.80. The molecule has 4 nitrogen and oxygen atoms in total. The fourth-order valence-electron chi connectivity index (χ4n) is 2.86. The van der Waals surface area contributed by atoms with Crippen molar-refractivity contribution in [2.45, 2.75) is 33.6 Å². The minimum atomic E-state index is -0.0888. The number of carbonyl (C=O) groups is 1. The normalized spacial score (nSPS) is 10.8. The van der Waals surface area contributed by atoms with E-state index in [0.29, 0.717) is 5.56 Å². The van der Waals surface area contributed by atoms with Crippen LogP contribution in [-0.4, -0.2) is 15.5 Å². The number of anilines is 1. The van der Waals surface area contributed by atoms with Crippen molar-refractivity contribution >= 4 is 22.9 Å². The third-order valence-corrected chi connectivity index (χ3v) is 4.79. The number of amides is 1. The molecule has 1 aromatic carbocycles. The van der Waals surface area contributed by atoms with Crippen LogP contribution in [0.5, 0.6) is 0 Å². The average molecular weight is 339 g/mol. The van der Waals surface area contributed by atoms with Gasteiger partial charge < -0.3 is 5.32 Å². The maximum atomic E-state index is 12.6. The van der Waals surface area contributed by atoms with Crippen molar-refractivity contribution in [1.29, 1.82) is 0 Å². The van der Waals surface area contributed by atoms with Gasteiger partial charge in [0, 0.05) is 28.7 Å². The molecule has 2 heterocycles. The number of thiazole rings is 1. The summed E-state index contributed by atoms with van der Waals surface area (Å²) >= 11 is 1.56. The van der Waals surface area contributed by atoms with Crippen LogP contribution in [-0.2, 0) is 6.42 Å². The Hall–Kier alpha value is -2.40. The van der Waals surface area contributed by atoms with Gasteiger partial charge >= 0.3 is 0 Å². The van der Waals surface area contributed by atoms with Gasteiger partial charge in [-0.1, -0.05) is 25.5 Å². The molecule has 2 aromatic heterocycles. The standard InChI is InChI=1S/C19H21N3OS/c1-4-5-15-6-8-16(9-7-15)21-18(23)17-12-13(2)22(14(17)3)19-20-10-11-24-19/h6-12H,4-5H2,1-3H3,(H,21,23). The summed E-state index contributed by atoms with van der Waals surface area (Å²) in [6.07, 6.45) is 3.95. The lowest BCUT2D eigenvalue weighted by Gasteiger charge is -2.08. The number of carbonyl (C=O) groups excluding carboxylic acids is 1. The first-order valence-corrected chi connectivity index (χ1v) is 8.97. The van der Waals surface area contributed by atoms with Crippen LogP contribution in [0.25, 0.3) is 5.13 Å². The number of nitrogens with zero attached hydrogens (tertiary/aromatic N) is 2. The highest BCUT2D eigenvalue weighted by molar-refractivity contribution is 7.12. The van der Waals surface area contributed by atoms with E-state index in [4.69, 9.17) is 0 Å². The van der Waals surface area contributed by atoms with Crippen LogP contribution < -0.4 is 5.32 Å². The summed E-state index contributed by atoms with van der Waals surface area (Å²) in [6.45, 7) is 6.10. The van der Waals surface area contributed by atoms with E-state index in [1.54, 1.807) is 17.5 Å². The Kier molecular flexibility index (Phi) is 4.81. The van der Waals surface area contributed by atoms with Gasteiger partial charge in [-0.15, -0.1) is 11.3 Å². The fraction of sp³-hybridized carbons (Fsp3) is 0.263. The van der Waals surface area contributed by atoms with E-state index in [0.717, 1.165) is 35.0 Å². The van der Waals surface area contributed by atoms with Gasteiger partial charge in [0.05, 0.1) is 5.56 Å². The molecule has 1 N–H and O–H groups in total. The Labute approximate surface area is 146 Å². The van der Waals surface area contributed by atoms with Gasteiger partial charge in [0.1, 0.15) is 0 Å². The number of aromatic nitrogens is 2. The lowest BCUT2D eigenvalue weighted by molar-refractivity contribution is 0.102. The minimum absolute atomic E-state index is 0.0888. The van der Waals surface area contributed by atoms with E-state index < -0.39 is 0 Å². The molecule has 3 aromatic rings. The molecule has 0 atom stereocenters. The number of aryl methyl sites for hydroxylation is 2. The van der Waals surface area contributed by atoms with Crippen molar-refractivity contribution in [2.75, 3.05) is 5.32 Å². The highest BCUT2D eigenvalue weighted by Gasteiger charge is 2.17. The number of nitrogens with one attached hydrogen (secondary N) is 1. The van der Waals surface area contributed by atoms with Crippen molar-refractivity contribution < 1.29 is 4.79 Å². The molecule has 0 aliphatic rings. The largest absolute Gasteiger partial charge is 0.322 e. The topological polar surface area (TPSA) is 46.9 Å². The predicted octanol–water partition coefficient (Wildman–Crippen LogP) is 4.76. The first-order chi connectivity index (χ1) is 11.6. The smallest absolute Gasteiger partial charge is 0.257 e. The van der Waals surface area contributed by atoms with Crippen LogP contribution in [0.15, 0.2) is 41.9 Å². The Morgan fingerprint density at radius 3 is 2.62 bits per heavy atom. The molecule has 0 aliphatic carbocycles. The van der Waals surface area contributed by atoms with Crippen LogP contribution in [0.3, 0.4) is 0 Å². The molecule has 3 rings (SSSR count). The molecule has 124 valence electrons. The first kappa shape index (κ1) is 16.5. The second kappa shape index (κ2) is 7.01.